The molecule has 7 heteroatoms. The van der Waals surface area contributed by atoms with E-state index in [1.165, 1.54) is 26.4 Å². The van der Waals surface area contributed by atoms with Gasteiger partial charge in [0.25, 0.3) is 0 Å². The molecule has 0 bridgehead atoms. The molecule has 0 aliphatic carbocycles. The van der Waals surface area contributed by atoms with Crippen LogP contribution in [-0.4, -0.2) is 50.5 Å². The molecule has 4 rings (SSSR count). The van der Waals surface area contributed by atoms with Crippen molar-refractivity contribution in [2.75, 3.05) is 34.4 Å². The third kappa shape index (κ3) is 3.24. The van der Waals surface area contributed by atoms with E-state index in [0.29, 0.717) is 22.6 Å². The van der Waals surface area contributed by atoms with Gasteiger partial charge in [0.1, 0.15) is 34.0 Å². The molecule has 0 amide bonds. The van der Waals surface area contributed by atoms with Crippen LogP contribution >= 0.6 is 0 Å². The van der Waals surface area contributed by atoms with Crippen LogP contribution in [0.3, 0.4) is 0 Å². The zero-order valence-electron chi connectivity index (χ0n) is 17.1. The van der Waals surface area contributed by atoms with Crippen molar-refractivity contribution in [3.63, 3.8) is 0 Å². The summed E-state index contributed by atoms with van der Waals surface area (Å²) >= 11 is 0. The molecule has 6 nitrogen and oxygen atoms in total. The van der Waals surface area contributed by atoms with Crippen LogP contribution in [0.4, 0.5) is 4.39 Å². The molecule has 3 aromatic rings. The highest BCUT2D eigenvalue weighted by Crippen LogP contribution is 2.45. The predicted octanol–water partition coefficient (Wildman–Crippen LogP) is 3.40. The van der Waals surface area contributed by atoms with Gasteiger partial charge in [-0.3, -0.25) is 4.79 Å². The van der Waals surface area contributed by atoms with Gasteiger partial charge in [0, 0.05) is 29.7 Å². The number of likely N-dealkylation sites (tertiary alicyclic amines) is 1. The van der Waals surface area contributed by atoms with Crippen LogP contribution in [0.25, 0.3) is 22.3 Å². The summed E-state index contributed by atoms with van der Waals surface area (Å²) in [5.41, 5.74) is 0.858. The number of aliphatic hydroxyl groups excluding tert-OH is 1. The monoisotopic (exact) mass is 413 g/mol. The third-order valence-electron chi connectivity index (χ3n) is 5.93. The fourth-order valence-corrected chi connectivity index (χ4v) is 4.38. The Balaban J connectivity index is 2.07. The highest BCUT2D eigenvalue weighted by molar-refractivity contribution is 5.90. The van der Waals surface area contributed by atoms with Gasteiger partial charge >= 0.3 is 0 Å². The average Bonchev–Trinajstić information content (AvgIpc) is 3.12. The van der Waals surface area contributed by atoms with Crippen molar-refractivity contribution in [2.24, 2.45) is 0 Å². The van der Waals surface area contributed by atoms with Gasteiger partial charge < -0.3 is 23.9 Å². The summed E-state index contributed by atoms with van der Waals surface area (Å²) in [5, 5.41) is 10.3. The topological polar surface area (TPSA) is 72.1 Å². The lowest BCUT2D eigenvalue weighted by atomic mass is 9.89. The molecule has 1 N–H and O–H groups in total. The summed E-state index contributed by atoms with van der Waals surface area (Å²) in [5.74, 6) is 0.361. The van der Waals surface area contributed by atoms with Gasteiger partial charge in [0.05, 0.1) is 26.4 Å². The molecule has 1 aliphatic rings. The predicted molar refractivity (Wildman–Crippen MR) is 112 cm³/mol. The second-order valence-corrected chi connectivity index (χ2v) is 7.48. The second kappa shape index (κ2) is 8.08. The number of nitrogens with zero attached hydrogens (tertiary/aromatic N) is 1. The molecule has 30 heavy (non-hydrogen) atoms. The Kier molecular flexibility index (Phi) is 5.49. The first kappa shape index (κ1) is 20.4. The van der Waals surface area contributed by atoms with E-state index >= 15 is 0 Å². The molecule has 0 spiro atoms. The molecule has 0 radical (unpaired) electrons. The molecule has 1 aromatic heterocycles. The molecular formula is C23H24FNO5. The van der Waals surface area contributed by atoms with Gasteiger partial charge in [-0.25, -0.2) is 4.39 Å². The number of hydrogen-bond acceptors (Lipinski definition) is 6. The molecule has 2 atom stereocenters. The quantitative estimate of drug-likeness (QED) is 0.691. The Bertz CT molecular complexity index is 1140. The molecule has 2 unspecified atom stereocenters. The van der Waals surface area contributed by atoms with E-state index in [4.69, 9.17) is 13.9 Å². The molecule has 1 aliphatic heterocycles. The van der Waals surface area contributed by atoms with Crippen molar-refractivity contribution in [1.29, 1.82) is 0 Å². The van der Waals surface area contributed by atoms with Crippen molar-refractivity contribution in [3.8, 4) is 22.8 Å². The van der Waals surface area contributed by atoms with Crippen LogP contribution in [0.5, 0.6) is 11.5 Å². The lowest BCUT2D eigenvalue weighted by Gasteiger charge is -2.25. The standard InChI is InChI=1S/C23H24FNO5/c1-25-9-8-14(16(25)12-26)21-19(28-2)11-20(29-3)22-17(27)10-18(30-23(21)22)13-6-4-5-7-15(13)24/h4-7,10-11,14,16,26H,8-9,12H2,1-3H3. The average molecular weight is 413 g/mol. The molecule has 158 valence electrons. The zero-order valence-corrected chi connectivity index (χ0v) is 17.1. The van der Waals surface area contributed by atoms with Crippen LogP contribution in [0.15, 0.2) is 45.6 Å². The highest BCUT2D eigenvalue weighted by Gasteiger charge is 2.37. The van der Waals surface area contributed by atoms with E-state index in [-0.39, 0.29) is 40.7 Å². The Hall–Kier alpha value is -2.90. The zero-order chi connectivity index (χ0) is 21.4. The molecular weight excluding hydrogens is 389 g/mol. The Morgan fingerprint density at radius 3 is 2.60 bits per heavy atom. The number of benzene rings is 2. The van der Waals surface area contributed by atoms with Gasteiger partial charge in [0.15, 0.2) is 5.43 Å². The maximum atomic E-state index is 14.4. The maximum absolute atomic E-state index is 14.4. The van der Waals surface area contributed by atoms with Crippen molar-refractivity contribution in [1.82, 2.24) is 4.90 Å². The smallest absolute Gasteiger partial charge is 0.197 e. The number of aliphatic hydroxyl groups is 1. The fourth-order valence-electron chi connectivity index (χ4n) is 4.38. The number of ether oxygens (including phenoxy) is 2. The summed E-state index contributed by atoms with van der Waals surface area (Å²) in [7, 11) is 4.95. The molecule has 1 fully saturated rings. The number of fused-ring (bicyclic) bond motifs is 1. The van der Waals surface area contributed by atoms with Crippen LogP contribution in [0.2, 0.25) is 0 Å². The van der Waals surface area contributed by atoms with Crippen molar-refractivity contribution >= 4 is 11.0 Å². The molecule has 1 saturated heterocycles. The minimum atomic E-state index is -0.481. The first-order valence-electron chi connectivity index (χ1n) is 9.78. The summed E-state index contributed by atoms with van der Waals surface area (Å²) in [6.07, 6.45) is 0.757. The minimum Gasteiger partial charge on any atom is -0.496 e. The molecule has 0 saturated carbocycles. The summed E-state index contributed by atoms with van der Waals surface area (Å²) in [4.78, 5) is 15.2. The fraction of sp³-hybridized carbons (Fsp3) is 0.348. The van der Waals surface area contributed by atoms with E-state index in [9.17, 15) is 14.3 Å². The summed E-state index contributed by atoms with van der Waals surface area (Å²) < 4.78 is 31.6. The van der Waals surface area contributed by atoms with Crippen LogP contribution in [0, 0.1) is 5.82 Å². The van der Waals surface area contributed by atoms with Crippen LogP contribution in [-0.2, 0) is 0 Å². The normalized spacial score (nSPS) is 19.4. The lowest BCUT2D eigenvalue weighted by molar-refractivity contribution is 0.171. The number of hydrogen-bond donors (Lipinski definition) is 1. The first-order chi connectivity index (χ1) is 14.5. The Labute approximate surface area is 173 Å². The summed E-state index contributed by atoms with van der Waals surface area (Å²) in [6, 6.07) is 8.95. The van der Waals surface area contributed by atoms with Gasteiger partial charge in [-0.2, -0.15) is 0 Å². The molecule has 2 heterocycles. The number of likely N-dealkylation sites (N-methyl/N-ethyl adjacent to an activating group) is 1. The number of methoxy groups -OCH3 is 2. The Morgan fingerprint density at radius 2 is 1.93 bits per heavy atom. The van der Waals surface area contributed by atoms with Crippen molar-refractivity contribution < 1.29 is 23.4 Å². The maximum Gasteiger partial charge on any atom is 0.197 e. The van der Waals surface area contributed by atoms with Gasteiger partial charge in [0.2, 0.25) is 0 Å². The SMILES string of the molecule is COc1cc(OC)c2c(=O)cc(-c3ccccc3F)oc2c1C1CCN(C)C1CO. The largest absolute Gasteiger partial charge is 0.496 e. The van der Waals surface area contributed by atoms with E-state index in [1.807, 2.05) is 7.05 Å². The molecule has 2 aromatic carbocycles. The number of rotatable bonds is 5. The van der Waals surface area contributed by atoms with Crippen LogP contribution < -0.4 is 14.9 Å². The van der Waals surface area contributed by atoms with Crippen LogP contribution in [0.1, 0.15) is 17.9 Å². The van der Waals surface area contributed by atoms with Crippen molar-refractivity contribution in [2.45, 2.75) is 18.4 Å². The highest BCUT2D eigenvalue weighted by atomic mass is 19.1. The first-order valence-corrected chi connectivity index (χ1v) is 9.78. The van der Waals surface area contributed by atoms with E-state index in [0.717, 1.165) is 13.0 Å². The van der Waals surface area contributed by atoms with Gasteiger partial charge in [-0.1, -0.05) is 12.1 Å². The van der Waals surface area contributed by atoms with Crippen molar-refractivity contribution in [3.05, 3.63) is 58.0 Å². The van der Waals surface area contributed by atoms with E-state index < -0.39 is 5.82 Å². The lowest BCUT2D eigenvalue weighted by Crippen LogP contribution is -2.32. The van der Waals surface area contributed by atoms with Gasteiger partial charge in [-0.05, 0) is 32.1 Å². The third-order valence-corrected chi connectivity index (χ3v) is 5.93. The Morgan fingerprint density at radius 1 is 1.20 bits per heavy atom. The minimum absolute atomic E-state index is 0.0465. The van der Waals surface area contributed by atoms with E-state index in [1.54, 1.807) is 24.3 Å². The number of halogens is 1. The van der Waals surface area contributed by atoms with E-state index in [2.05, 4.69) is 4.90 Å². The van der Waals surface area contributed by atoms with Gasteiger partial charge in [-0.15, -0.1) is 0 Å². The second-order valence-electron chi connectivity index (χ2n) is 7.48. The summed E-state index contributed by atoms with van der Waals surface area (Å²) in [6.45, 7) is 0.735.